The van der Waals surface area contributed by atoms with E-state index in [-0.39, 0.29) is 0 Å². The Bertz CT molecular complexity index is 1360. The van der Waals surface area contributed by atoms with Gasteiger partial charge in [0.1, 0.15) is 16.0 Å². The van der Waals surface area contributed by atoms with Gasteiger partial charge < -0.3 is 10.5 Å². The first-order valence-electron chi connectivity index (χ1n) is 10.0. The van der Waals surface area contributed by atoms with E-state index in [1.54, 1.807) is 10.7 Å². The molecule has 7 heteroatoms. The molecule has 0 fully saturated rings. The van der Waals surface area contributed by atoms with E-state index in [1.807, 2.05) is 75.5 Å². The number of hydrogen-bond donors (Lipinski definition) is 1. The van der Waals surface area contributed by atoms with E-state index >= 15 is 0 Å². The van der Waals surface area contributed by atoms with Gasteiger partial charge in [0.25, 0.3) is 0 Å². The van der Waals surface area contributed by atoms with Crippen molar-refractivity contribution < 1.29 is 4.74 Å². The lowest BCUT2D eigenvalue weighted by atomic mass is 10.1. The van der Waals surface area contributed by atoms with Gasteiger partial charge in [-0.1, -0.05) is 49.7 Å². The number of rotatable bonds is 3. The first-order valence-corrected chi connectivity index (χ1v) is 10.8. The Morgan fingerprint density at radius 2 is 1.74 bits per heavy atom. The van der Waals surface area contributed by atoms with Crippen molar-refractivity contribution in [3.8, 4) is 22.8 Å². The molecule has 0 amide bonds. The van der Waals surface area contributed by atoms with Crippen LogP contribution in [0.3, 0.4) is 0 Å². The van der Waals surface area contributed by atoms with Crippen molar-refractivity contribution in [2.24, 2.45) is 0 Å². The lowest BCUT2D eigenvalue weighted by molar-refractivity contribution is 0.460. The number of pyridine rings is 1. The van der Waals surface area contributed by atoms with Crippen LogP contribution in [-0.4, -0.2) is 19.6 Å². The summed E-state index contributed by atoms with van der Waals surface area (Å²) in [7, 11) is 0. The van der Waals surface area contributed by atoms with Crippen molar-refractivity contribution in [3.05, 3.63) is 77.0 Å². The Hall–Kier alpha value is -3.45. The summed E-state index contributed by atoms with van der Waals surface area (Å²) in [6.45, 7) is 6.03. The van der Waals surface area contributed by atoms with Crippen molar-refractivity contribution in [2.45, 2.75) is 20.8 Å². The molecule has 0 aliphatic carbocycles. The number of aryl methyl sites for hydroxylation is 1. The second kappa shape index (κ2) is 8.73. The normalized spacial score (nSPS) is 10.7. The van der Waals surface area contributed by atoms with Crippen LogP contribution >= 0.6 is 15.9 Å². The Balaban J connectivity index is 0.00000112. The second-order valence-electron chi connectivity index (χ2n) is 6.74. The number of ether oxygens (including phenoxy) is 1. The molecule has 0 aliphatic rings. The highest BCUT2D eigenvalue weighted by Gasteiger charge is 2.18. The zero-order valence-electron chi connectivity index (χ0n) is 17.5. The molecule has 3 heterocycles. The number of hydrogen-bond acceptors (Lipinski definition) is 5. The van der Waals surface area contributed by atoms with Crippen LogP contribution in [0.4, 0.5) is 5.82 Å². The zero-order chi connectivity index (χ0) is 22.0. The number of anilines is 1. The van der Waals surface area contributed by atoms with E-state index < -0.39 is 0 Å². The van der Waals surface area contributed by atoms with Crippen molar-refractivity contribution in [3.63, 3.8) is 0 Å². The maximum atomic E-state index is 6.30. The summed E-state index contributed by atoms with van der Waals surface area (Å²) in [5, 5.41) is 5.46. The molecule has 0 bridgehead atoms. The lowest BCUT2D eigenvalue weighted by Crippen LogP contribution is -2.03. The Labute approximate surface area is 188 Å². The van der Waals surface area contributed by atoms with Crippen LogP contribution in [0.25, 0.3) is 27.7 Å². The van der Waals surface area contributed by atoms with Gasteiger partial charge in [0.15, 0.2) is 5.65 Å². The highest BCUT2D eigenvalue weighted by atomic mass is 79.9. The number of benzene rings is 2. The summed E-state index contributed by atoms with van der Waals surface area (Å²) >= 11 is 3.49. The van der Waals surface area contributed by atoms with Gasteiger partial charge >= 0.3 is 0 Å². The quantitative estimate of drug-likeness (QED) is 0.325. The first kappa shape index (κ1) is 20.8. The number of nitrogens with zero attached hydrogens (tertiary/aromatic N) is 4. The van der Waals surface area contributed by atoms with Gasteiger partial charge in [0.2, 0.25) is 5.88 Å². The standard InChI is InChI=1S/C22H16BrN5O.C2H6/c1-13-6-8-16(9-7-13)29-22-19(23)20(24)28-21(27-22)17(12-26-28)15-10-14-4-2-3-5-18(14)25-11-15;1-2/h2-12H,24H2,1H3;1-2H3. The molecule has 0 spiro atoms. The molecule has 5 aromatic rings. The SMILES string of the molecule is CC.Cc1ccc(Oc2nc3c(-c4cnc5ccccc5c4)cnn3c(N)c2Br)cc1. The maximum absolute atomic E-state index is 6.30. The number of nitrogens with two attached hydrogens (primary N) is 1. The van der Waals surface area contributed by atoms with Crippen LogP contribution < -0.4 is 10.5 Å². The minimum Gasteiger partial charge on any atom is -0.438 e. The molecular weight excluding hydrogens is 454 g/mol. The van der Waals surface area contributed by atoms with Crippen molar-refractivity contribution in [1.29, 1.82) is 0 Å². The van der Waals surface area contributed by atoms with Gasteiger partial charge in [-0.05, 0) is 47.1 Å². The van der Waals surface area contributed by atoms with E-state index in [0.717, 1.165) is 27.6 Å². The molecule has 156 valence electrons. The van der Waals surface area contributed by atoms with Crippen LogP contribution in [0.1, 0.15) is 19.4 Å². The minimum absolute atomic E-state index is 0.384. The number of halogens is 1. The van der Waals surface area contributed by atoms with Crippen LogP contribution in [0.15, 0.2) is 71.5 Å². The molecule has 0 saturated carbocycles. The van der Waals surface area contributed by atoms with Crippen molar-refractivity contribution >= 4 is 38.3 Å². The van der Waals surface area contributed by atoms with Gasteiger partial charge in [-0.2, -0.15) is 14.6 Å². The van der Waals surface area contributed by atoms with E-state index in [4.69, 9.17) is 15.5 Å². The predicted octanol–water partition coefficient (Wildman–Crippen LogP) is 6.42. The maximum Gasteiger partial charge on any atom is 0.239 e. The first-order chi connectivity index (χ1) is 15.1. The second-order valence-corrected chi connectivity index (χ2v) is 7.53. The Morgan fingerprint density at radius 1 is 1.00 bits per heavy atom. The molecule has 0 unspecified atom stereocenters. The average Bonchev–Trinajstić information content (AvgIpc) is 3.23. The largest absolute Gasteiger partial charge is 0.438 e. The van der Waals surface area contributed by atoms with Gasteiger partial charge in [0.05, 0.1) is 11.7 Å². The summed E-state index contributed by atoms with van der Waals surface area (Å²) in [5.41, 5.74) is 10.7. The van der Waals surface area contributed by atoms with Crippen molar-refractivity contribution in [1.82, 2.24) is 19.6 Å². The Morgan fingerprint density at radius 3 is 2.52 bits per heavy atom. The summed E-state index contributed by atoms with van der Waals surface area (Å²) in [6, 6.07) is 17.8. The molecule has 0 saturated heterocycles. The molecule has 2 aromatic carbocycles. The van der Waals surface area contributed by atoms with Gasteiger partial charge in [-0.25, -0.2) is 0 Å². The number of fused-ring (bicyclic) bond motifs is 2. The molecule has 0 atom stereocenters. The average molecular weight is 476 g/mol. The third-order valence-electron chi connectivity index (χ3n) is 4.73. The zero-order valence-corrected chi connectivity index (χ0v) is 19.1. The third kappa shape index (κ3) is 3.96. The monoisotopic (exact) mass is 475 g/mol. The fourth-order valence-electron chi connectivity index (χ4n) is 3.18. The van der Waals surface area contributed by atoms with Crippen LogP contribution in [0.5, 0.6) is 11.6 Å². The van der Waals surface area contributed by atoms with Gasteiger partial charge in [-0.3, -0.25) is 4.98 Å². The van der Waals surface area contributed by atoms with E-state index in [1.165, 1.54) is 0 Å². The molecule has 2 N–H and O–H groups in total. The fourth-order valence-corrected chi connectivity index (χ4v) is 3.52. The van der Waals surface area contributed by atoms with Gasteiger partial charge in [-0.15, -0.1) is 0 Å². The molecule has 3 aromatic heterocycles. The summed E-state index contributed by atoms with van der Waals surface area (Å²) in [5.74, 6) is 1.48. The predicted molar refractivity (Wildman–Crippen MR) is 128 cm³/mol. The van der Waals surface area contributed by atoms with Crippen molar-refractivity contribution in [2.75, 3.05) is 5.73 Å². The lowest BCUT2D eigenvalue weighted by Gasteiger charge is -2.10. The summed E-state index contributed by atoms with van der Waals surface area (Å²) in [6.07, 6.45) is 3.56. The van der Waals surface area contributed by atoms with Crippen LogP contribution in [0.2, 0.25) is 0 Å². The van der Waals surface area contributed by atoms with Crippen LogP contribution in [0, 0.1) is 6.92 Å². The van der Waals surface area contributed by atoms with E-state index in [9.17, 15) is 0 Å². The van der Waals surface area contributed by atoms with E-state index in [0.29, 0.717) is 27.6 Å². The minimum atomic E-state index is 0.384. The smallest absolute Gasteiger partial charge is 0.239 e. The summed E-state index contributed by atoms with van der Waals surface area (Å²) in [4.78, 5) is 9.24. The molecular formula is C24H22BrN5O. The topological polar surface area (TPSA) is 78.3 Å². The molecule has 31 heavy (non-hydrogen) atoms. The highest BCUT2D eigenvalue weighted by molar-refractivity contribution is 9.10. The number of para-hydroxylation sites is 1. The third-order valence-corrected chi connectivity index (χ3v) is 5.47. The number of nitrogen functional groups attached to an aromatic ring is 1. The summed E-state index contributed by atoms with van der Waals surface area (Å²) < 4.78 is 8.14. The van der Waals surface area contributed by atoms with E-state index in [2.05, 4.69) is 32.1 Å². The molecule has 0 radical (unpaired) electrons. The fraction of sp³-hybridized carbons (Fsp3) is 0.125. The molecule has 5 rings (SSSR count). The molecule has 0 aliphatic heterocycles. The highest BCUT2D eigenvalue weighted by Crippen LogP contribution is 2.36. The molecule has 6 nitrogen and oxygen atoms in total. The Kier molecular flexibility index (Phi) is 5.86. The van der Waals surface area contributed by atoms with Crippen LogP contribution in [-0.2, 0) is 0 Å². The van der Waals surface area contributed by atoms with Gasteiger partial charge in [0, 0.05) is 22.7 Å². The number of aromatic nitrogens is 4.